The van der Waals surface area contributed by atoms with Crippen LogP contribution in [-0.2, 0) is 0 Å². The molecule has 2 heteroatoms. The third-order valence-corrected chi connectivity index (χ3v) is 3.18. The van der Waals surface area contributed by atoms with Gasteiger partial charge in [0, 0.05) is 5.69 Å². The summed E-state index contributed by atoms with van der Waals surface area (Å²) in [5, 5.41) is 13.0. The topological polar surface area (TPSA) is 32.3 Å². The van der Waals surface area contributed by atoms with Crippen LogP contribution in [-0.4, -0.2) is 11.7 Å². The van der Waals surface area contributed by atoms with E-state index in [0.29, 0.717) is 0 Å². The van der Waals surface area contributed by atoms with Crippen LogP contribution in [0.15, 0.2) is 48.5 Å². The van der Waals surface area contributed by atoms with E-state index in [1.807, 2.05) is 36.4 Å². The van der Waals surface area contributed by atoms with Crippen LogP contribution >= 0.6 is 0 Å². The molecule has 0 saturated carbocycles. The van der Waals surface area contributed by atoms with E-state index >= 15 is 0 Å². The largest absolute Gasteiger partial charge is 0.394 e. The van der Waals surface area contributed by atoms with Crippen LogP contribution in [0.1, 0.15) is 22.7 Å². The van der Waals surface area contributed by atoms with Gasteiger partial charge in [0.1, 0.15) is 0 Å². The van der Waals surface area contributed by atoms with Crippen LogP contribution in [0.25, 0.3) is 0 Å². The summed E-state index contributed by atoms with van der Waals surface area (Å²) in [6, 6.07) is 16.2. The molecule has 94 valence electrons. The maximum atomic E-state index is 9.56. The first kappa shape index (κ1) is 12.7. The van der Waals surface area contributed by atoms with Crippen LogP contribution in [0.2, 0.25) is 0 Å². The monoisotopic (exact) mass is 241 g/mol. The molecular formula is C16H19NO. The Morgan fingerprint density at radius 3 is 2.11 bits per heavy atom. The average molecular weight is 241 g/mol. The van der Waals surface area contributed by atoms with Crippen molar-refractivity contribution in [1.29, 1.82) is 0 Å². The zero-order chi connectivity index (χ0) is 13.0. The fourth-order valence-electron chi connectivity index (χ4n) is 2.14. The zero-order valence-corrected chi connectivity index (χ0v) is 10.9. The molecule has 0 radical (unpaired) electrons. The molecule has 0 amide bonds. The molecule has 1 unspecified atom stereocenters. The predicted molar refractivity (Wildman–Crippen MR) is 75.8 cm³/mol. The Labute approximate surface area is 108 Å². The van der Waals surface area contributed by atoms with E-state index in [1.165, 1.54) is 11.1 Å². The lowest BCUT2D eigenvalue weighted by molar-refractivity contribution is 0.276. The van der Waals surface area contributed by atoms with Crippen molar-refractivity contribution in [2.75, 3.05) is 11.9 Å². The smallest absolute Gasteiger partial charge is 0.0745 e. The fourth-order valence-corrected chi connectivity index (χ4v) is 2.14. The summed E-state index contributed by atoms with van der Waals surface area (Å²) >= 11 is 0. The third kappa shape index (κ3) is 2.71. The molecule has 2 N–H and O–H groups in total. The molecule has 2 rings (SSSR count). The van der Waals surface area contributed by atoms with E-state index < -0.39 is 0 Å². The number of aryl methyl sites for hydroxylation is 2. The molecule has 0 saturated heterocycles. The Hall–Kier alpha value is -1.80. The predicted octanol–water partition coefficient (Wildman–Crippen LogP) is 3.45. The Morgan fingerprint density at radius 1 is 0.944 bits per heavy atom. The number of anilines is 1. The van der Waals surface area contributed by atoms with Gasteiger partial charge in [0.05, 0.1) is 12.6 Å². The van der Waals surface area contributed by atoms with Gasteiger partial charge in [0.2, 0.25) is 0 Å². The Morgan fingerprint density at radius 2 is 1.56 bits per heavy atom. The quantitative estimate of drug-likeness (QED) is 0.859. The van der Waals surface area contributed by atoms with Crippen molar-refractivity contribution in [3.05, 3.63) is 65.2 Å². The summed E-state index contributed by atoms with van der Waals surface area (Å²) in [6.45, 7) is 4.24. The maximum absolute atomic E-state index is 9.56. The van der Waals surface area contributed by atoms with Gasteiger partial charge in [-0.2, -0.15) is 0 Å². The molecule has 2 aromatic carbocycles. The van der Waals surface area contributed by atoms with Crippen molar-refractivity contribution < 1.29 is 5.11 Å². The number of hydrogen-bond acceptors (Lipinski definition) is 2. The lowest BCUT2D eigenvalue weighted by Gasteiger charge is -2.21. The Bertz CT molecular complexity index is 488. The van der Waals surface area contributed by atoms with Gasteiger partial charge < -0.3 is 10.4 Å². The SMILES string of the molecule is Cc1cccc(C)c1NC(CO)c1ccccc1. The van der Waals surface area contributed by atoms with Crippen molar-refractivity contribution in [1.82, 2.24) is 0 Å². The summed E-state index contributed by atoms with van der Waals surface area (Å²) in [6.07, 6.45) is 0. The van der Waals surface area contributed by atoms with Gasteiger partial charge in [-0.15, -0.1) is 0 Å². The van der Waals surface area contributed by atoms with Crippen LogP contribution in [0.5, 0.6) is 0 Å². The van der Waals surface area contributed by atoms with Crippen LogP contribution < -0.4 is 5.32 Å². The molecule has 2 nitrogen and oxygen atoms in total. The van der Waals surface area contributed by atoms with Gasteiger partial charge in [0.25, 0.3) is 0 Å². The number of benzene rings is 2. The van der Waals surface area contributed by atoms with E-state index in [9.17, 15) is 5.11 Å². The highest BCUT2D eigenvalue weighted by Gasteiger charge is 2.11. The lowest BCUT2D eigenvalue weighted by Crippen LogP contribution is -2.16. The molecule has 0 bridgehead atoms. The summed E-state index contributed by atoms with van der Waals surface area (Å²) in [5.41, 5.74) is 4.61. The highest BCUT2D eigenvalue weighted by Crippen LogP contribution is 2.25. The number of nitrogens with one attached hydrogen (secondary N) is 1. The molecule has 0 aromatic heterocycles. The summed E-state index contributed by atoms with van der Waals surface area (Å²) in [4.78, 5) is 0. The second-order valence-corrected chi connectivity index (χ2v) is 4.56. The second-order valence-electron chi connectivity index (χ2n) is 4.56. The number of aliphatic hydroxyl groups is 1. The molecule has 1 atom stereocenters. The van der Waals surface area contributed by atoms with Crippen molar-refractivity contribution in [3.8, 4) is 0 Å². The summed E-state index contributed by atoms with van der Waals surface area (Å²) in [5.74, 6) is 0. The molecule has 0 heterocycles. The van der Waals surface area contributed by atoms with Crippen molar-refractivity contribution in [2.45, 2.75) is 19.9 Å². The molecule has 0 fully saturated rings. The second kappa shape index (κ2) is 5.69. The highest BCUT2D eigenvalue weighted by atomic mass is 16.3. The van der Waals surface area contributed by atoms with E-state index in [-0.39, 0.29) is 12.6 Å². The standard InChI is InChI=1S/C16H19NO/c1-12-7-6-8-13(2)16(12)17-15(11-18)14-9-4-3-5-10-14/h3-10,15,17-18H,11H2,1-2H3. The highest BCUT2D eigenvalue weighted by molar-refractivity contribution is 5.57. The minimum absolute atomic E-state index is 0.0639. The average Bonchev–Trinajstić information content (AvgIpc) is 2.40. The molecule has 2 aromatic rings. The van der Waals surface area contributed by atoms with E-state index in [2.05, 4.69) is 31.3 Å². The van der Waals surface area contributed by atoms with Crippen LogP contribution in [0.4, 0.5) is 5.69 Å². The minimum atomic E-state index is -0.0639. The van der Waals surface area contributed by atoms with Crippen LogP contribution in [0.3, 0.4) is 0 Å². The van der Waals surface area contributed by atoms with E-state index in [1.54, 1.807) is 0 Å². The van der Waals surface area contributed by atoms with Gasteiger partial charge in [-0.1, -0.05) is 48.5 Å². The molecule has 18 heavy (non-hydrogen) atoms. The van der Waals surface area contributed by atoms with Crippen molar-refractivity contribution in [2.24, 2.45) is 0 Å². The lowest BCUT2D eigenvalue weighted by atomic mass is 10.0. The molecule has 0 spiro atoms. The number of para-hydroxylation sites is 1. The Kier molecular flexibility index (Phi) is 4.00. The summed E-state index contributed by atoms with van der Waals surface area (Å²) < 4.78 is 0. The summed E-state index contributed by atoms with van der Waals surface area (Å²) in [7, 11) is 0. The first-order valence-electron chi connectivity index (χ1n) is 6.21. The molecule has 0 aliphatic carbocycles. The van der Waals surface area contributed by atoms with E-state index in [4.69, 9.17) is 0 Å². The number of rotatable bonds is 4. The normalized spacial score (nSPS) is 12.2. The number of aliphatic hydroxyl groups excluding tert-OH is 1. The van der Waals surface area contributed by atoms with Gasteiger partial charge >= 0.3 is 0 Å². The van der Waals surface area contributed by atoms with E-state index in [0.717, 1.165) is 11.3 Å². The number of hydrogen-bond donors (Lipinski definition) is 2. The first-order chi connectivity index (χ1) is 8.72. The molecule has 0 aliphatic heterocycles. The third-order valence-electron chi connectivity index (χ3n) is 3.18. The first-order valence-corrected chi connectivity index (χ1v) is 6.21. The van der Waals surface area contributed by atoms with Gasteiger partial charge in [-0.3, -0.25) is 0 Å². The van der Waals surface area contributed by atoms with Gasteiger partial charge in [-0.05, 0) is 30.5 Å². The van der Waals surface area contributed by atoms with Crippen molar-refractivity contribution >= 4 is 5.69 Å². The van der Waals surface area contributed by atoms with Gasteiger partial charge in [0.15, 0.2) is 0 Å². The zero-order valence-electron chi connectivity index (χ0n) is 10.9. The maximum Gasteiger partial charge on any atom is 0.0745 e. The fraction of sp³-hybridized carbons (Fsp3) is 0.250. The molecular weight excluding hydrogens is 222 g/mol. The van der Waals surface area contributed by atoms with Crippen molar-refractivity contribution in [3.63, 3.8) is 0 Å². The minimum Gasteiger partial charge on any atom is -0.394 e. The van der Waals surface area contributed by atoms with Crippen LogP contribution in [0, 0.1) is 13.8 Å². The Balaban J connectivity index is 2.26. The van der Waals surface area contributed by atoms with Gasteiger partial charge in [-0.25, -0.2) is 0 Å². The molecule has 0 aliphatic rings.